The van der Waals surface area contributed by atoms with Crippen LogP contribution in [-0.2, 0) is 4.79 Å². The topological polar surface area (TPSA) is 62.7 Å². The minimum Gasteiger partial charge on any atom is -0.494 e. The quantitative estimate of drug-likeness (QED) is 0.711. The highest BCUT2D eigenvalue weighted by Gasteiger charge is 2.20. The van der Waals surface area contributed by atoms with Crippen LogP contribution in [0.4, 0.5) is 0 Å². The summed E-state index contributed by atoms with van der Waals surface area (Å²) in [7, 11) is 1.62. The molecule has 0 spiro atoms. The Hall–Kier alpha value is -2.41. The zero-order chi connectivity index (χ0) is 19.1. The second-order valence-electron chi connectivity index (χ2n) is 5.72. The molecule has 1 heterocycles. The molecular weight excluding hydrogens is 350 g/mol. The van der Waals surface area contributed by atoms with E-state index >= 15 is 0 Å². The normalized spacial score (nSPS) is 10.5. The number of carbonyl (C=O) groups excluding carboxylic acids is 2. The Bertz CT molecular complexity index is 739. The molecule has 0 saturated carbocycles. The molecular formula is C19H25N3O3S. The van der Waals surface area contributed by atoms with Crippen molar-refractivity contribution in [1.82, 2.24) is 14.8 Å². The zero-order valence-corrected chi connectivity index (χ0v) is 16.5. The third-order valence-electron chi connectivity index (χ3n) is 3.97. The lowest BCUT2D eigenvalue weighted by atomic mass is 10.2. The van der Waals surface area contributed by atoms with E-state index in [0.717, 1.165) is 16.3 Å². The summed E-state index contributed by atoms with van der Waals surface area (Å²) in [5, 5.41) is 2.49. The Balaban J connectivity index is 2.05. The van der Waals surface area contributed by atoms with Crippen LogP contribution in [0.5, 0.6) is 5.75 Å². The van der Waals surface area contributed by atoms with Gasteiger partial charge in [-0.3, -0.25) is 9.59 Å². The summed E-state index contributed by atoms with van der Waals surface area (Å²) in [4.78, 5) is 32.3. The van der Waals surface area contributed by atoms with E-state index in [2.05, 4.69) is 4.98 Å². The third kappa shape index (κ3) is 4.82. The summed E-state index contributed by atoms with van der Waals surface area (Å²) in [6.45, 7) is 7.73. The summed E-state index contributed by atoms with van der Waals surface area (Å²) in [6.07, 6.45) is 0. The van der Waals surface area contributed by atoms with E-state index in [0.29, 0.717) is 25.4 Å². The second kappa shape index (κ2) is 9.33. The molecule has 140 valence electrons. The van der Waals surface area contributed by atoms with Gasteiger partial charge in [0.1, 0.15) is 16.5 Å². The standard InChI is InChI=1S/C19H25N3O3S/c1-5-22(6-2)17(23)12-21(4)19(24)16-13-26-18(20-16)14-8-10-15(11-9-14)25-7-3/h8-11,13H,5-7,12H2,1-4H3. The lowest BCUT2D eigenvalue weighted by Crippen LogP contribution is -2.41. The maximum atomic E-state index is 12.5. The van der Waals surface area contributed by atoms with Gasteiger partial charge in [0.15, 0.2) is 0 Å². The lowest BCUT2D eigenvalue weighted by molar-refractivity contribution is -0.131. The highest BCUT2D eigenvalue weighted by molar-refractivity contribution is 7.13. The fraction of sp³-hybridized carbons (Fsp3) is 0.421. The van der Waals surface area contributed by atoms with E-state index in [1.165, 1.54) is 16.2 Å². The van der Waals surface area contributed by atoms with Crippen LogP contribution in [0.2, 0.25) is 0 Å². The van der Waals surface area contributed by atoms with Crippen LogP contribution in [0.15, 0.2) is 29.6 Å². The second-order valence-corrected chi connectivity index (χ2v) is 6.58. The Morgan fingerprint density at radius 1 is 1.12 bits per heavy atom. The molecule has 1 aromatic carbocycles. The molecule has 0 N–H and O–H groups in total. The predicted molar refractivity (Wildman–Crippen MR) is 104 cm³/mol. The number of aromatic nitrogens is 1. The zero-order valence-electron chi connectivity index (χ0n) is 15.7. The molecule has 1 aromatic heterocycles. The van der Waals surface area contributed by atoms with Gasteiger partial charge in [0, 0.05) is 31.1 Å². The molecule has 2 rings (SSSR count). The first-order chi connectivity index (χ1) is 12.5. The van der Waals surface area contributed by atoms with Gasteiger partial charge >= 0.3 is 0 Å². The minimum absolute atomic E-state index is 0.0520. The number of rotatable bonds is 8. The van der Waals surface area contributed by atoms with E-state index < -0.39 is 0 Å². The van der Waals surface area contributed by atoms with Gasteiger partial charge < -0.3 is 14.5 Å². The lowest BCUT2D eigenvalue weighted by Gasteiger charge is -2.22. The predicted octanol–water partition coefficient (Wildman–Crippen LogP) is 3.15. The van der Waals surface area contributed by atoms with Crippen molar-refractivity contribution in [3.63, 3.8) is 0 Å². The van der Waals surface area contributed by atoms with E-state index in [4.69, 9.17) is 4.74 Å². The van der Waals surface area contributed by atoms with Crippen molar-refractivity contribution >= 4 is 23.2 Å². The molecule has 2 amide bonds. The number of amides is 2. The van der Waals surface area contributed by atoms with Crippen molar-refractivity contribution in [2.24, 2.45) is 0 Å². The first-order valence-electron chi connectivity index (χ1n) is 8.72. The Kier molecular flexibility index (Phi) is 7.15. The van der Waals surface area contributed by atoms with Gasteiger partial charge in [-0.2, -0.15) is 0 Å². The molecule has 0 bridgehead atoms. The third-order valence-corrected chi connectivity index (χ3v) is 4.86. The van der Waals surface area contributed by atoms with Crippen LogP contribution in [0.25, 0.3) is 10.6 Å². The van der Waals surface area contributed by atoms with Gasteiger partial charge in [0.05, 0.1) is 13.2 Å². The number of benzene rings is 1. The summed E-state index contributed by atoms with van der Waals surface area (Å²) >= 11 is 1.41. The van der Waals surface area contributed by atoms with Crippen LogP contribution in [0.3, 0.4) is 0 Å². The fourth-order valence-electron chi connectivity index (χ4n) is 2.51. The van der Waals surface area contributed by atoms with Crippen LogP contribution < -0.4 is 4.74 Å². The van der Waals surface area contributed by atoms with Gasteiger partial charge in [-0.25, -0.2) is 4.98 Å². The summed E-state index contributed by atoms with van der Waals surface area (Å²) in [5.74, 6) is 0.491. The van der Waals surface area contributed by atoms with Gasteiger partial charge in [-0.15, -0.1) is 11.3 Å². The molecule has 0 atom stereocenters. The number of thiazole rings is 1. The first kappa shape index (κ1) is 19.9. The first-order valence-corrected chi connectivity index (χ1v) is 9.60. The van der Waals surface area contributed by atoms with Gasteiger partial charge in [0.25, 0.3) is 5.91 Å². The summed E-state index contributed by atoms with van der Waals surface area (Å²) in [6, 6.07) is 7.62. The van der Waals surface area contributed by atoms with E-state index in [9.17, 15) is 9.59 Å². The molecule has 7 heteroatoms. The van der Waals surface area contributed by atoms with Crippen molar-refractivity contribution in [3.05, 3.63) is 35.3 Å². The molecule has 0 radical (unpaired) electrons. The van der Waals surface area contributed by atoms with Crippen LogP contribution in [0, 0.1) is 0 Å². The maximum Gasteiger partial charge on any atom is 0.273 e. The summed E-state index contributed by atoms with van der Waals surface area (Å²) in [5.41, 5.74) is 1.29. The largest absolute Gasteiger partial charge is 0.494 e. The fourth-order valence-corrected chi connectivity index (χ4v) is 3.31. The van der Waals surface area contributed by atoms with Gasteiger partial charge in [-0.05, 0) is 45.0 Å². The molecule has 0 aliphatic heterocycles. The van der Waals surface area contributed by atoms with Gasteiger partial charge in [0.2, 0.25) is 5.91 Å². The monoisotopic (exact) mass is 375 g/mol. The van der Waals surface area contributed by atoms with Crippen molar-refractivity contribution in [2.75, 3.05) is 33.3 Å². The summed E-state index contributed by atoms with van der Waals surface area (Å²) < 4.78 is 5.43. The number of hydrogen-bond donors (Lipinski definition) is 0. The molecule has 0 unspecified atom stereocenters. The van der Waals surface area contributed by atoms with Crippen LogP contribution in [0.1, 0.15) is 31.3 Å². The number of likely N-dealkylation sites (N-methyl/N-ethyl adjacent to an activating group) is 2. The SMILES string of the molecule is CCOc1ccc(-c2nc(C(=O)N(C)CC(=O)N(CC)CC)cs2)cc1. The number of hydrogen-bond acceptors (Lipinski definition) is 5. The Morgan fingerprint density at radius 2 is 1.77 bits per heavy atom. The Labute approximate surface area is 158 Å². The molecule has 0 aliphatic rings. The van der Waals surface area contributed by atoms with Crippen molar-refractivity contribution < 1.29 is 14.3 Å². The van der Waals surface area contributed by atoms with Crippen molar-refractivity contribution in [2.45, 2.75) is 20.8 Å². The Morgan fingerprint density at radius 3 is 2.35 bits per heavy atom. The van der Waals surface area contributed by atoms with Crippen LogP contribution >= 0.6 is 11.3 Å². The molecule has 2 aromatic rings. The van der Waals surface area contributed by atoms with Crippen LogP contribution in [-0.4, -0.2) is 59.9 Å². The van der Waals surface area contributed by atoms with Crippen molar-refractivity contribution in [3.8, 4) is 16.3 Å². The highest BCUT2D eigenvalue weighted by Crippen LogP contribution is 2.26. The minimum atomic E-state index is -0.251. The number of carbonyl (C=O) groups is 2. The van der Waals surface area contributed by atoms with E-state index in [1.54, 1.807) is 17.3 Å². The van der Waals surface area contributed by atoms with Crippen molar-refractivity contribution in [1.29, 1.82) is 0 Å². The number of ether oxygens (including phenoxy) is 1. The van der Waals surface area contributed by atoms with E-state index in [-0.39, 0.29) is 18.4 Å². The average molecular weight is 375 g/mol. The smallest absolute Gasteiger partial charge is 0.273 e. The molecule has 26 heavy (non-hydrogen) atoms. The maximum absolute atomic E-state index is 12.5. The molecule has 0 saturated heterocycles. The molecule has 0 aliphatic carbocycles. The number of nitrogens with zero attached hydrogens (tertiary/aromatic N) is 3. The highest BCUT2D eigenvalue weighted by atomic mass is 32.1. The molecule has 0 fully saturated rings. The molecule has 6 nitrogen and oxygen atoms in total. The van der Waals surface area contributed by atoms with E-state index in [1.807, 2.05) is 45.0 Å². The average Bonchev–Trinajstić information content (AvgIpc) is 3.13. The van der Waals surface area contributed by atoms with Gasteiger partial charge in [-0.1, -0.05) is 0 Å².